The monoisotopic (exact) mass is 369 g/mol. The fourth-order valence-electron chi connectivity index (χ4n) is 2.73. The predicted octanol–water partition coefficient (Wildman–Crippen LogP) is 5.27. The quantitative estimate of drug-likeness (QED) is 0.642. The average Bonchev–Trinajstić information content (AvgIpc) is 2.61. The van der Waals surface area contributed by atoms with Crippen LogP contribution in [0.25, 0.3) is 0 Å². The first kappa shape index (κ1) is 20.6. The fraction of sp³-hybridized carbons (Fsp3) is 0.435. The van der Waals surface area contributed by atoms with E-state index in [1.807, 2.05) is 11.8 Å². The highest BCUT2D eigenvalue weighted by molar-refractivity contribution is 7.98. The summed E-state index contributed by atoms with van der Waals surface area (Å²) >= 11 is 1.87. The van der Waals surface area contributed by atoms with Crippen molar-refractivity contribution in [2.75, 3.05) is 12.3 Å². The molecule has 2 aromatic carbocycles. The van der Waals surface area contributed by atoms with Crippen molar-refractivity contribution in [1.82, 2.24) is 5.32 Å². The molecule has 0 aliphatic heterocycles. The van der Waals surface area contributed by atoms with Gasteiger partial charge in [-0.25, -0.2) is 0 Å². The third kappa shape index (κ3) is 6.87. The zero-order chi connectivity index (χ0) is 19.0. The van der Waals surface area contributed by atoms with Gasteiger partial charge >= 0.3 is 0 Å². The minimum atomic E-state index is 0.140. The van der Waals surface area contributed by atoms with Crippen LogP contribution in [0, 0.1) is 6.92 Å². The molecule has 0 bridgehead atoms. The molecule has 0 heterocycles. The standard InChI is InChI=1S/C23H31NOS/c1-18-7-5-6-8-20(18)17-26-16-15-24-22(25)14-11-19-9-12-21(13-10-19)23(2,3)4/h5-10,12-13H,11,14-17H2,1-4H3,(H,24,25). The third-order valence-corrected chi connectivity index (χ3v) is 5.56. The molecule has 0 atom stereocenters. The Morgan fingerprint density at radius 1 is 1.04 bits per heavy atom. The number of aryl methyl sites for hydroxylation is 2. The molecule has 0 unspecified atom stereocenters. The van der Waals surface area contributed by atoms with Crippen LogP contribution in [0.5, 0.6) is 0 Å². The number of thioether (sulfide) groups is 1. The Labute approximate surface area is 162 Å². The molecule has 0 saturated carbocycles. The molecule has 0 spiro atoms. The van der Waals surface area contributed by atoms with E-state index in [1.54, 1.807) is 0 Å². The molecular formula is C23H31NOS. The van der Waals surface area contributed by atoms with Crippen molar-refractivity contribution in [3.05, 3.63) is 70.8 Å². The summed E-state index contributed by atoms with van der Waals surface area (Å²) in [6.07, 6.45) is 1.35. The van der Waals surface area contributed by atoms with Crippen LogP contribution in [-0.4, -0.2) is 18.2 Å². The summed E-state index contributed by atoms with van der Waals surface area (Å²) in [6.45, 7) is 9.52. The van der Waals surface area contributed by atoms with Crippen LogP contribution >= 0.6 is 11.8 Å². The van der Waals surface area contributed by atoms with E-state index in [1.165, 1.54) is 22.3 Å². The van der Waals surface area contributed by atoms with E-state index < -0.39 is 0 Å². The molecule has 3 heteroatoms. The normalized spacial score (nSPS) is 11.4. The van der Waals surface area contributed by atoms with Crippen LogP contribution in [-0.2, 0) is 22.4 Å². The van der Waals surface area contributed by atoms with E-state index >= 15 is 0 Å². The lowest BCUT2D eigenvalue weighted by Gasteiger charge is -2.19. The molecule has 2 aromatic rings. The fourth-order valence-corrected chi connectivity index (χ4v) is 3.67. The summed E-state index contributed by atoms with van der Waals surface area (Å²) in [5.41, 5.74) is 5.44. The summed E-state index contributed by atoms with van der Waals surface area (Å²) in [7, 11) is 0. The molecule has 0 aromatic heterocycles. The molecule has 0 aliphatic carbocycles. The second-order valence-corrected chi connectivity index (χ2v) is 8.88. The van der Waals surface area contributed by atoms with Crippen LogP contribution < -0.4 is 5.32 Å². The number of rotatable bonds is 8. The van der Waals surface area contributed by atoms with E-state index in [9.17, 15) is 4.79 Å². The molecule has 140 valence electrons. The highest BCUT2D eigenvalue weighted by Crippen LogP contribution is 2.22. The molecule has 0 fully saturated rings. The highest BCUT2D eigenvalue weighted by atomic mass is 32.2. The molecule has 0 aliphatic rings. The molecule has 1 amide bonds. The highest BCUT2D eigenvalue weighted by Gasteiger charge is 2.12. The van der Waals surface area contributed by atoms with Crippen molar-refractivity contribution in [2.24, 2.45) is 0 Å². The maximum Gasteiger partial charge on any atom is 0.220 e. The number of carbonyl (C=O) groups is 1. The number of nitrogens with one attached hydrogen (secondary N) is 1. The molecule has 2 rings (SSSR count). The summed E-state index contributed by atoms with van der Waals surface area (Å²) in [6, 6.07) is 17.1. The van der Waals surface area contributed by atoms with Gasteiger partial charge in [-0.3, -0.25) is 4.79 Å². The van der Waals surface area contributed by atoms with Crippen molar-refractivity contribution >= 4 is 17.7 Å². The van der Waals surface area contributed by atoms with Gasteiger partial charge in [0.15, 0.2) is 0 Å². The lowest BCUT2D eigenvalue weighted by atomic mass is 9.86. The molecular weight excluding hydrogens is 338 g/mol. The molecule has 0 saturated heterocycles. The van der Waals surface area contributed by atoms with Crippen LogP contribution in [0.1, 0.15) is 49.4 Å². The van der Waals surface area contributed by atoms with E-state index in [0.29, 0.717) is 6.42 Å². The minimum Gasteiger partial charge on any atom is -0.355 e. The second kappa shape index (κ2) is 9.82. The van der Waals surface area contributed by atoms with Gasteiger partial charge in [-0.2, -0.15) is 11.8 Å². The SMILES string of the molecule is Cc1ccccc1CSCCNC(=O)CCc1ccc(C(C)(C)C)cc1. The Hall–Kier alpha value is -1.74. The third-order valence-electron chi connectivity index (χ3n) is 4.55. The average molecular weight is 370 g/mol. The number of hydrogen-bond donors (Lipinski definition) is 1. The van der Waals surface area contributed by atoms with Crippen molar-refractivity contribution < 1.29 is 4.79 Å². The Bertz CT molecular complexity index is 701. The van der Waals surface area contributed by atoms with Crippen LogP contribution in [0.2, 0.25) is 0 Å². The molecule has 26 heavy (non-hydrogen) atoms. The van der Waals surface area contributed by atoms with Gasteiger partial charge in [0.2, 0.25) is 5.91 Å². The van der Waals surface area contributed by atoms with Gasteiger partial charge in [0, 0.05) is 24.5 Å². The first-order valence-electron chi connectivity index (χ1n) is 9.34. The van der Waals surface area contributed by atoms with Gasteiger partial charge in [-0.15, -0.1) is 0 Å². The lowest BCUT2D eigenvalue weighted by molar-refractivity contribution is -0.120. The van der Waals surface area contributed by atoms with Crippen LogP contribution in [0.4, 0.5) is 0 Å². The summed E-state index contributed by atoms with van der Waals surface area (Å²) in [4.78, 5) is 12.0. The van der Waals surface area contributed by atoms with E-state index in [0.717, 1.165) is 24.5 Å². The summed E-state index contributed by atoms with van der Waals surface area (Å²) in [5.74, 6) is 2.09. The minimum absolute atomic E-state index is 0.140. The number of hydrogen-bond acceptors (Lipinski definition) is 2. The van der Waals surface area contributed by atoms with Crippen molar-refractivity contribution in [3.8, 4) is 0 Å². The zero-order valence-corrected chi connectivity index (χ0v) is 17.3. The zero-order valence-electron chi connectivity index (χ0n) is 16.5. The van der Waals surface area contributed by atoms with Gasteiger partial charge in [0.25, 0.3) is 0 Å². The van der Waals surface area contributed by atoms with E-state index in [2.05, 4.69) is 81.5 Å². The van der Waals surface area contributed by atoms with Gasteiger partial charge in [0.1, 0.15) is 0 Å². The number of carbonyl (C=O) groups excluding carboxylic acids is 1. The smallest absolute Gasteiger partial charge is 0.220 e. The molecule has 1 N–H and O–H groups in total. The summed E-state index contributed by atoms with van der Waals surface area (Å²) < 4.78 is 0. The maximum atomic E-state index is 12.0. The van der Waals surface area contributed by atoms with Crippen molar-refractivity contribution in [2.45, 2.75) is 51.7 Å². The van der Waals surface area contributed by atoms with Crippen molar-refractivity contribution in [1.29, 1.82) is 0 Å². The van der Waals surface area contributed by atoms with Gasteiger partial charge in [-0.05, 0) is 41.0 Å². The number of benzene rings is 2. The van der Waals surface area contributed by atoms with Crippen LogP contribution in [0.15, 0.2) is 48.5 Å². The van der Waals surface area contributed by atoms with Gasteiger partial charge in [-0.1, -0.05) is 69.3 Å². The van der Waals surface area contributed by atoms with Gasteiger partial charge < -0.3 is 5.32 Å². The summed E-state index contributed by atoms with van der Waals surface area (Å²) in [5, 5.41) is 3.03. The first-order chi connectivity index (χ1) is 12.4. The van der Waals surface area contributed by atoms with Gasteiger partial charge in [0.05, 0.1) is 0 Å². The predicted molar refractivity (Wildman–Crippen MR) is 114 cm³/mol. The topological polar surface area (TPSA) is 29.1 Å². The van der Waals surface area contributed by atoms with E-state index in [4.69, 9.17) is 0 Å². The van der Waals surface area contributed by atoms with Crippen molar-refractivity contribution in [3.63, 3.8) is 0 Å². The first-order valence-corrected chi connectivity index (χ1v) is 10.5. The molecule has 2 nitrogen and oxygen atoms in total. The maximum absolute atomic E-state index is 12.0. The second-order valence-electron chi connectivity index (χ2n) is 7.78. The number of amides is 1. The Morgan fingerprint density at radius 3 is 2.38 bits per heavy atom. The molecule has 0 radical (unpaired) electrons. The Balaban J connectivity index is 1.62. The van der Waals surface area contributed by atoms with Crippen LogP contribution in [0.3, 0.4) is 0 Å². The lowest BCUT2D eigenvalue weighted by Crippen LogP contribution is -2.25. The van der Waals surface area contributed by atoms with E-state index in [-0.39, 0.29) is 11.3 Å². The Morgan fingerprint density at radius 2 is 1.73 bits per heavy atom. The Kier molecular flexibility index (Phi) is 7.77. The largest absolute Gasteiger partial charge is 0.355 e.